The first-order valence-corrected chi connectivity index (χ1v) is 8.08. The summed E-state index contributed by atoms with van der Waals surface area (Å²) in [6.07, 6.45) is 3.44. The van der Waals surface area contributed by atoms with E-state index >= 15 is 0 Å². The third-order valence-electron chi connectivity index (χ3n) is 2.61. The first-order chi connectivity index (χ1) is 8.86. The summed E-state index contributed by atoms with van der Waals surface area (Å²) in [5, 5.41) is 0. The van der Waals surface area contributed by atoms with Crippen molar-refractivity contribution in [2.75, 3.05) is 13.6 Å². The molecule has 104 valence electrons. The van der Waals surface area contributed by atoms with E-state index in [0.29, 0.717) is 12.1 Å². The summed E-state index contributed by atoms with van der Waals surface area (Å²) in [4.78, 5) is 13.6. The molecule has 1 aromatic carbocycles. The number of allylic oxidation sites excluding steroid dienone is 1. The molecule has 6 heteroatoms. The molecular weight excluding hydrogens is 286 g/mol. The minimum Gasteiger partial charge on any atom is -0.342 e. The van der Waals surface area contributed by atoms with Crippen LogP contribution in [-0.4, -0.2) is 32.8 Å². The molecule has 0 unspecified atom stereocenters. The van der Waals surface area contributed by atoms with Gasteiger partial charge in [0, 0.05) is 29.8 Å². The van der Waals surface area contributed by atoms with Crippen molar-refractivity contribution in [2.24, 2.45) is 0 Å². The lowest BCUT2D eigenvalue weighted by atomic mass is 10.2. The van der Waals surface area contributed by atoms with Gasteiger partial charge in [0.15, 0.2) is 0 Å². The van der Waals surface area contributed by atoms with Crippen molar-refractivity contribution in [3.8, 4) is 0 Å². The largest absolute Gasteiger partial charge is 0.342 e. The van der Waals surface area contributed by atoms with Crippen molar-refractivity contribution in [2.45, 2.75) is 17.7 Å². The highest BCUT2D eigenvalue weighted by Crippen LogP contribution is 2.17. The molecule has 1 rings (SSSR count). The zero-order valence-electron chi connectivity index (χ0n) is 10.7. The van der Waals surface area contributed by atoms with Crippen LogP contribution in [0.25, 0.3) is 0 Å². The number of hydrogen-bond donors (Lipinski definition) is 0. The Hall–Kier alpha value is -1.33. The van der Waals surface area contributed by atoms with E-state index in [-0.39, 0.29) is 10.8 Å². The zero-order chi connectivity index (χ0) is 14.5. The number of unbranched alkanes of at least 4 members (excludes halogenated alkanes) is 1. The first-order valence-electron chi connectivity index (χ1n) is 5.77. The van der Waals surface area contributed by atoms with Crippen LogP contribution in [0.5, 0.6) is 0 Å². The minimum atomic E-state index is -3.82. The Balaban J connectivity index is 2.85. The van der Waals surface area contributed by atoms with Gasteiger partial charge in [-0.3, -0.25) is 4.79 Å². The van der Waals surface area contributed by atoms with Crippen LogP contribution in [0, 0.1) is 0 Å². The average Bonchev–Trinajstić information content (AvgIpc) is 2.37. The fraction of sp³-hybridized carbons (Fsp3) is 0.308. The van der Waals surface area contributed by atoms with Crippen LogP contribution in [0.2, 0.25) is 0 Å². The Labute approximate surface area is 118 Å². The van der Waals surface area contributed by atoms with Gasteiger partial charge in [0.2, 0.25) is 0 Å². The number of halogens is 1. The van der Waals surface area contributed by atoms with E-state index in [1.807, 2.05) is 0 Å². The Kier molecular flexibility index (Phi) is 5.57. The minimum absolute atomic E-state index is 0.0699. The normalized spacial score (nSPS) is 11.1. The summed E-state index contributed by atoms with van der Waals surface area (Å²) in [6.45, 7) is 4.20. The predicted octanol–water partition coefficient (Wildman–Crippen LogP) is 2.65. The van der Waals surface area contributed by atoms with E-state index in [1.54, 1.807) is 24.1 Å². The SMILES string of the molecule is C=CCCCN(C)C(=O)c1cccc(S(=O)(=O)Cl)c1. The highest BCUT2D eigenvalue weighted by molar-refractivity contribution is 8.13. The Morgan fingerprint density at radius 1 is 1.47 bits per heavy atom. The van der Waals surface area contributed by atoms with E-state index in [0.717, 1.165) is 12.8 Å². The van der Waals surface area contributed by atoms with E-state index in [9.17, 15) is 13.2 Å². The van der Waals surface area contributed by atoms with E-state index in [1.165, 1.54) is 18.2 Å². The van der Waals surface area contributed by atoms with Crippen molar-refractivity contribution >= 4 is 25.6 Å². The second kappa shape index (κ2) is 6.73. The summed E-state index contributed by atoms with van der Waals surface area (Å²) in [5.74, 6) is -0.230. The van der Waals surface area contributed by atoms with Crippen LogP contribution in [0.1, 0.15) is 23.2 Å². The first kappa shape index (κ1) is 15.7. The molecule has 0 atom stereocenters. The summed E-state index contributed by atoms with van der Waals surface area (Å²) < 4.78 is 22.4. The monoisotopic (exact) mass is 301 g/mol. The topological polar surface area (TPSA) is 54.5 Å². The molecule has 0 radical (unpaired) electrons. The average molecular weight is 302 g/mol. The number of carbonyl (C=O) groups excluding carboxylic acids is 1. The Morgan fingerprint density at radius 3 is 2.74 bits per heavy atom. The molecule has 0 aromatic heterocycles. The molecule has 0 N–H and O–H groups in total. The molecule has 0 fully saturated rings. The van der Waals surface area contributed by atoms with Crippen LogP contribution in [0.4, 0.5) is 0 Å². The van der Waals surface area contributed by atoms with E-state index in [4.69, 9.17) is 10.7 Å². The molecule has 1 amide bonds. The van der Waals surface area contributed by atoms with Gasteiger partial charge in [-0.2, -0.15) is 0 Å². The maximum atomic E-state index is 12.1. The fourth-order valence-corrected chi connectivity index (χ4v) is 2.37. The van der Waals surface area contributed by atoms with Gasteiger partial charge in [0.1, 0.15) is 0 Å². The standard InChI is InChI=1S/C13H16ClNO3S/c1-3-4-5-9-15(2)13(16)11-7-6-8-12(10-11)19(14,17)18/h3,6-8,10H,1,4-5,9H2,2H3. The van der Waals surface area contributed by atoms with E-state index < -0.39 is 9.05 Å². The summed E-state index contributed by atoms with van der Waals surface area (Å²) in [6, 6.07) is 5.71. The number of nitrogens with zero attached hydrogens (tertiary/aromatic N) is 1. The van der Waals surface area contributed by atoms with Crippen molar-refractivity contribution in [1.29, 1.82) is 0 Å². The lowest BCUT2D eigenvalue weighted by Crippen LogP contribution is -2.27. The molecule has 1 aromatic rings. The predicted molar refractivity (Wildman–Crippen MR) is 75.9 cm³/mol. The maximum Gasteiger partial charge on any atom is 0.261 e. The highest BCUT2D eigenvalue weighted by Gasteiger charge is 2.15. The zero-order valence-corrected chi connectivity index (χ0v) is 12.2. The lowest BCUT2D eigenvalue weighted by molar-refractivity contribution is 0.0793. The van der Waals surface area contributed by atoms with Crippen molar-refractivity contribution in [3.63, 3.8) is 0 Å². The number of rotatable bonds is 6. The van der Waals surface area contributed by atoms with Crippen molar-refractivity contribution in [3.05, 3.63) is 42.5 Å². The third-order valence-corrected chi connectivity index (χ3v) is 3.96. The van der Waals surface area contributed by atoms with Gasteiger partial charge in [-0.25, -0.2) is 8.42 Å². The van der Waals surface area contributed by atoms with Crippen LogP contribution in [0.15, 0.2) is 41.8 Å². The quantitative estimate of drug-likeness (QED) is 0.461. The van der Waals surface area contributed by atoms with Gasteiger partial charge >= 0.3 is 0 Å². The number of amides is 1. The van der Waals surface area contributed by atoms with Crippen LogP contribution in [-0.2, 0) is 9.05 Å². The molecule has 19 heavy (non-hydrogen) atoms. The maximum absolute atomic E-state index is 12.1. The Bertz CT molecular complexity index is 569. The van der Waals surface area contributed by atoms with Gasteiger partial charge < -0.3 is 4.90 Å². The van der Waals surface area contributed by atoms with Crippen LogP contribution < -0.4 is 0 Å². The summed E-state index contributed by atoms with van der Waals surface area (Å²) in [5.41, 5.74) is 0.308. The second-order valence-corrected chi connectivity index (χ2v) is 6.69. The van der Waals surface area contributed by atoms with Gasteiger partial charge in [0.05, 0.1) is 4.90 Å². The number of hydrogen-bond acceptors (Lipinski definition) is 3. The smallest absolute Gasteiger partial charge is 0.261 e. The fourth-order valence-electron chi connectivity index (χ4n) is 1.58. The lowest BCUT2D eigenvalue weighted by Gasteiger charge is -2.16. The second-order valence-electron chi connectivity index (χ2n) is 4.12. The number of benzene rings is 1. The summed E-state index contributed by atoms with van der Waals surface area (Å²) >= 11 is 0. The summed E-state index contributed by atoms with van der Waals surface area (Å²) in [7, 11) is 3.11. The molecule has 0 aliphatic rings. The van der Waals surface area contributed by atoms with Gasteiger partial charge in [-0.05, 0) is 31.0 Å². The van der Waals surface area contributed by atoms with Crippen LogP contribution in [0.3, 0.4) is 0 Å². The van der Waals surface area contributed by atoms with Gasteiger partial charge in [0.25, 0.3) is 15.0 Å². The molecule has 0 saturated carbocycles. The van der Waals surface area contributed by atoms with Crippen LogP contribution >= 0.6 is 10.7 Å². The third kappa shape index (κ3) is 4.69. The Morgan fingerprint density at radius 2 is 2.16 bits per heavy atom. The molecule has 4 nitrogen and oxygen atoms in total. The molecule has 0 bridgehead atoms. The molecule has 0 aliphatic heterocycles. The van der Waals surface area contributed by atoms with Crippen molar-refractivity contribution < 1.29 is 13.2 Å². The van der Waals surface area contributed by atoms with E-state index in [2.05, 4.69) is 6.58 Å². The molecule has 0 heterocycles. The van der Waals surface area contributed by atoms with Gasteiger partial charge in [-0.1, -0.05) is 12.1 Å². The van der Waals surface area contributed by atoms with Crippen molar-refractivity contribution in [1.82, 2.24) is 4.90 Å². The molecular formula is C13H16ClNO3S. The molecule has 0 spiro atoms. The number of carbonyl (C=O) groups is 1. The highest BCUT2D eigenvalue weighted by atomic mass is 35.7. The molecule has 0 saturated heterocycles. The van der Waals surface area contributed by atoms with Gasteiger partial charge in [-0.15, -0.1) is 6.58 Å². The molecule has 0 aliphatic carbocycles.